The average Bonchev–Trinajstić information content (AvgIpc) is 2.25. The molecule has 1 fully saturated rings. The highest BCUT2D eigenvalue weighted by Gasteiger charge is 2.31. The van der Waals surface area contributed by atoms with Gasteiger partial charge in [0, 0.05) is 22.1 Å². The molecule has 0 atom stereocenters. The molecule has 1 saturated carbocycles. The van der Waals surface area contributed by atoms with Gasteiger partial charge in [-0.1, -0.05) is 6.07 Å². The summed E-state index contributed by atoms with van der Waals surface area (Å²) >= 11 is 1.49. The Morgan fingerprint density at radius 1 is 1.47 bits per heavy atom. The van der Waals surface area contributed by atoms with Gasteiger partial charge in [0.2, 0.25) is 0 Å². The summed E-state index contributed by atoms with van der Waals surface area (Å²) in [4.78, 5) is 11.4. The smallest absolute Gasteiger partial charge is 0.258 e. The lowest BCUT2D eigenvalue weighted by atomic mass is 9.80. The van der Waals surface area contributed by atoms with E-state index in [9.17, 15) is 10.1 Å². The van der Waals surface area contributed by atoms with Crippen LogP contribution < -0.4 is 4.72 Å². The van der Waals surface area contributed by atoms with Crippen LogP contribution in [0.15, 0.2) is 23.1 Å². The fourth-order valence-electron chi connectivity index (χ4n) is 1.84. The van der Waals surface area contributed by atoms with Crippen LogP contribution in [-0.4, -0.2) is 10.5 Å². The first-order valence-electron chi connectivity index (χ1n) is 5.69. The second-order valence-corrected chi connectivity index (χ2v) is 5.70. The number of benzene rings is 1. The van der Waals surface area contributed by atoms with E-state index < -0.39 is 0 Å². The molecule has 0 aliphatic heterocycles. The summed E-state index contributed by atoms with van der Waals surface area (Å²) in [7, 11) is 0. The van der Waals surface area contributed by atoms with Crippen LogP contribution in [0.1, 0.15) is 31.7 Å². The van der Waals surface area contributed by atoms with Gasteiger partial charge in [-0.15, -0.1) is 0 Å². The van der Waals surface area contributed by atoms with Gasteiger partial charge in [0.15, 0.2) is 0 Å². The predicted molar refractivity (Wildman–Crippen MR) is 69.1 cm³/mol. The first-order valence-corrected chi connectivity index (χ1v) is 6.51. The molecule has 0 radical (unpaired) electrons. The van der Waals surface area contributed by atoms with Crippen LogP contribution >= 0.6 is 11.9 Å². The SMILES string of the molecule is Cc1ccc(SNC2(C)CCC2)cc1[N+](=O)[O-]. The molecule has 0 aromatic heterocycles. The zero-order chi connectivity index (χ0) is 12.5. The second-order valence-electron chi connectivity index (χ2n) is 4.82. The number of hydrogen-bond acceptors (Lipinski definition) is 4. The standard InChI is InChI=1S/C12H16N2O2S/c1-9-4-5-10(8-11(9)14(15)16)17-13-12(2)6-3-7-12/h4-5,8,13H,3,6-7H2,1-2H3. The van der Waals surface area contributed by atoms with E-state index in [-0.39, 0.29) is 16.1 Å². The summed E-state index contributed by atoms with van der Waals surface area (Å²) in [5.41, 5.74) is 1.09. The molecule has 1 aromatic carbocycles. The Labute approximate surface area is 105 Å². The summed E-state index contributed by atoms with van der Waals surface area (Å²) < 4.78 is 3.39. The molecule has 0 amide bonds. The van der Waals surface area contributed by atoms with Crippen molar-refractivity contribution in [2.75, 3.05) is 0 Å². The number of nitrogens with zero attached hydrogens (tertiary/aromatic N) is 1. The molecule has 92 valence electrons. The van der Waals surface area contributed by atoms with Crippen LogP contribution in [-0.2, 0) is 0 Å². The molecule has 0 heterocycles. The third-order valence-electron chi connectivity index (χ3n) is 3.25. The Bertz CT molecular complexity index is 444. The van der Waals surface area contributed by atoms with Gasteiger partial charge in [-0.2, -0.15) is 0 Å². The van der Waals surface area contributed by atoms with Crippen molar-refractivity contribution in [2.45, 2.75) is 43.5 Å². The zero-order valence-electron chi connectivity index (χ0n) is 10.0. The minimum Gasteiger partial charge on any atom is -0.258 e. The maximum absolute atomic E-state index is 10.8. The van der Waals surface area contributed by atoms with E-state index in [0.717, 1.165) is 4.90 Å². The van der Waals surface area contributed by atoms with E-state index in [2.05, 4.69) is 11.6 Å². The van der Waals surface area contributed by atoms with E-state index in [1.54, 1.807) is 19.1 Å². The third-order valence-corrected chi connectivity index (χ3v) is 4.33. The van der Waals surface area contributed by atoms with Crippen molar-refractivity contribution in [2.24, 2.45) is 0 Å². The molecule has 17 heavy (non-hydrogen) atoms. The maximum Gasteiger partial charge on any atom is 0.273 e. The van der Waals surface area contributed by atoms with Crippen molar-refractivity contribution >= 4 is 17.6 Å². The molecule has 1 aliphatic carbocycles. The lowest BCUT2D eigenvalue weighted by Crippen LogP contribution is -2.44. The van der Waals surface area contributed by atoms with Crippen LogP contribution in [0.5, 0.6) is 0 Å². The molecule has 5 heteroatoms. The topological polar surface area (TPSA) is 55.2 Å². The first kappa shape index (κ1) is 12.4. The maximum atomic E-state index is 10.8. The quantitative estimate of drug-likeness (QED) is 0.506. The van der Waals surface area contributed by atoms with Crippen molar-refractivity contribution in [1.82, 2.24) is 4.72 Å². The van der Waals surface area contributed by atoms with E-state index in [1.807, 2.05) is 6.07 Å². The summed E-state index contributed by atoms with van der Waals surface area (Å²) in [6.07, 6.45) is 3.61. The van der Waals surface area contributed by atoms with Gasteiger partial charge in [0.1, 0.15) is 0 Å². The van der Waals surface area contributed by atoms with Gasteiger partial charge in [-0.25, -0.2) is 0 Å². The zero-order valence-corrected chi connectivity index (χ0v) is 10.8. The van der Waals surface area contributed by atoms with Crippen LogP contribution in [0, 0.1) is 17.0 Å². The fraction of sp³-hybridized carbons (Fsp3) is 0.500. The van der Waals surface area contributed by atoms with Crippen molar-refractivity contribution in [3.63, 3.8) is 0 Å². The minimum absolute atomic E-state index is 0.190. The monoisotopic (exact) mass is 252 g/mol. The van der Waals surface area contributed by atoms with Gasteiger partial charge in [-0.05, 0) is 51.1 Å². The van der Waals surface area contributed by atoms with E-state index in [0.29, 0.717) is 5.56 Å². The molecule has 0 unspecified atom stereocenters. The van der Waals surface area contributed by atoms with Crippen molar-refractivity contribution in [3.05, 3.63) is 33.9 Å². The van der Waals surface area contributed by atoms with Gasteiger partial charge in [0.05, 0.1) is 4.92 Å². The Morgan fingerprint density at radius 3 is 2.71 bits per heavy atom. The fourth-order valence-corrected chi connectivity index (χ4v) is 2.72. The number of nitro groups is 1. The highest BCUT2D eigenvalue weighted by molar-refractivity contribution is 7.97. The molecule has 0 bridgehead atoms. The Kier molecular flexibility index (Phi) is 3.40. The van der Waals surface area contributed by atoms with Crippen LogP contribution in [0.3, 0.4) is 0 Å². The molecule has 0 spiro atoms. The summed E-state index contributed by atoms with van der Waals surface area (Å²) in [6, 6.07) is 5.35. The highest BCUT2D eigenvalue weighted by Crippen LogP contribution is 2.35. The lowest BCUT2D eigenvalue weighted by molar-refractivity contribution is -0.385. The molecule has 2 rings (SSSR count). The molecule has 1 aliphatic rings. The normalized spacial score (nSPS) is 17.5. The van der Waals surface area contributed by atoms with Gasteiger partial charge in [-0.3, -0.25) is 14.8 Å². The highest BCUT2D eigenvalue weighted by atomic mass is 32.2. The minimum atomic E-state index is -0.329. The lowest BCUT2D eigenvalue weighted by Gasteiger charge is -2.38. The number of nitrogens with one attached hydrogen (secondary N) is 1. The van der Waals surface area contributed by atoms with Gasteiger partial charge in [0.25, 0.3) is 5.69 Å². The molecule has 4 nitrogen and oxygen atoms in total. The molecule has 1 N–H and O–H groups in total. The second kappa shape index (κ2) is 4.66. The van der Waals surface area contributed by atoms with E-state index in [1.165, 1.54) is 31.2 Å². The Morgan fingerprint density at radius 2 is 2.18 bits per heavy atom. The van der Waals surface area contributed by atoms with E-state index in [4.69, 9.17) is 0 Å². The molecular formula is C12H16N2O2S. The van der Waals surface area contributed by atoms with Crippen LogP contribution in [0.2, 0.25) is 0 Å². The average molecular weight is 252 g/mol. The predicted octanol–water partition coefficient (Wildman–Crippen LogP) is 3.44. The number of aryl methyl sites for hydroxylation is 1. The molecule has 0 saturated heterocycles. The first-order chi connectivity index (χ1) is 8.00. The molecule has 1 aromatic rings. The van der Waals surface area contributed by atoms with Crippen LogP contribution in [0.25, 0.3) is 0 Å². The van der Waals surface area contributed by atoms with Crippen molar-refractivity contribution in [1.29, 1.82) is 0 Å². The Balaban J connectivity index is 2.06. The summed E-state index contributed by atoms with van der Waals surface area (Å²) in [5, 5.41) is 10.8. The number of rotatable bonds is 4. The van der Waals surface area contributed by atoms with Crippen molar-refractivity contribution in [3.8, 4) is 0 Å². The van der Waals surface area contributed by atoms with Crippen LogP contribution in [0.4, 0.5) is 5.69 Å². The number of hydrogen-bond donors (Lipinski definition) is 1. The van der Waals surface area contributed by atoms with Gasteiger partial charge >= 0.3 is 0 Å². The number of nitro benzene ring substituents is 1. The molecular weight excluding hydrogens is 236 g/mol. The Hall–Kier alpha value is -1.07. The van der Waals surface area contributed by atoms with E-state index >= 15 is 0 Å². The summed E-state index contributed by atoms with van der Waals surface area (Å²) in [5.74, 6) is 0. The van der Waals surface area contributed by atoms with Crippen molar-refractivity contribution < 1.29 is 4.92 Å². The largest absolute Gasteiger partial charge is 0.273 e. The summed E-state index contributed by atoms with van der Waals surface area (Å²) in [6.45, 7) is 3.94. The third kappa shape index (κ3) is 2.79. The van der Waals surface area contributed by atoms with Gasteiger partial charge < -0.3 is 0 Å².